The zero-order valence-electron chi connectivity index (χ0n) is 11.8. The topological polar surface area (TPSA) is 84.6 Å². The summed E-state index contributed by atoms with van der Waals surface area (Å²) in [5, 5.41) is 24.1. The van der Waals surface area contributed by atoms with Gasteiger partial charge in [0.2, 0.25) is 5.75 Å². The predicted octanol–water partition coefficient (Wildman–Crippen LogP) is 3.00. The SMILES string of the molecule is CC(C)CNCC(O)COc1c(Br)cc(Cl)cc1[N+](=O)[O-]. The van der Waals surface area contributed by atoms with Crippen LogP contribution in [0.3, 0.4) is 0 Å². The number of aliphatic hydroxyl groups is 1. The molecular weight excluding hydrogens is 364 g/mol. The van der Waals surface area contributed by atoms with Gasteiger partial charge in [-0.15, -0.1) is 0 Å². The smallest absolute Gasteiger partial charge is 0.313 e. The summed E-state index contributed by atoms with van der Waals surface area (Å²) in [6.07, 6.45) is -0.758. The van der Waals surface area contributed by atoms with Crippen molar-refractivity contribution >= 4 is 33.2 Å². The van der Waals surface area contributed by atoms with E-state index in [1.807, 2.05) is 0 Å². The molecule has 1 rings (SSSR count). The minimum absolute atomic E-state index is 0.0494. The van der Waals surface area contributed by atoms with E-state index in [9.17, 15) is 15.2 Å². The van der Waals surface area contributed by atoms with E-state index in [2.05, 4.69) is 35.1 Å². The molecule has 0 aliphatic rings. The fourth-order valence-electron chi connectivity index (χ4n) is 1.60. The van der Waals surface area contributed by atoms with E-state index in [-0.39, 0.29) is 23.1 Å². The van der Waals surface area contributed by atoms with Crippen LogP contribution in [0.4, 0.5) is 5.69 Å². The Bertz CT molecular complexity index is 499. The fourth-order valence-corrected chi connectivity index (χ4v) is 2.51. The van der Waals surface area contributed by atoms with Crippen LogP contribution in [0.1, 0.15) is 13.8 Å². The Morgan fingerprint density at radius 3 is 2.71 bits per heavy atom. The fraction of sp³-hybridized carbons (Fsp3) is 0.538. The molecule has 0 aliphatic carbocycles. The summed E-state index contributed by atoms with van der Waals surface area (Å²) in [4.78, 5) is 10.4. The summed E-state index contributed by atoms with van der Waals surface area (Å²) in [5.41, 5.74) is -0.239. The Balaban J connectivity index is 2.64. The van der Waals surface area contributed by atoms with Gasteiger partial charge in [0.05, 0.1) is 9.40 Å². The highest BCUT2D eigenvalue weighted by Gasteiger charge is 2.21. The Hall–Kier alpha value is -0.890. The number of benzene rings is 1. The zero-order valence-corrected chi connectivity index (χ0v) is 14.1. The Labute approximate surface area is 136 Å². The van der Waals surface area contributed by atoms with Crippen molar-refractivity contribution in [3.8, 4) is 5.75 Å². The standard InChI is InChI=1S/C13H18BrClN2O4/c1-8(2)5-16-6-10(18)7-21-13-11(14)3-9(15)4-12(13)17(19)20/h3-4,8,10,16,18H,5-7H2,1-2H3. The van der Waals surface area contributed by atoms with E-state index in [0.29, 0.717) is 16.9 Å². The van der Waals surface area contributed by atoms with Crippen molar-refractivity contribution in [3.05, 3.63) is 31.7 Å². The summed E-state index contributed by atoms with van der Waals surface area (Å²) in [6.45, 7) is 5.21. The first kappa shape index (κ1) is 18.2. The highest BCUT2D eigenvalue weighted by atomic mass is 79.9. The predicted molar refractivity (Wildman–Crippen MR) is 85.0 cm³/mol. The lowest BCUT2D eigenvalue weighted by Gasteiger charge is -2.15. The van der Waals surface area contributed by atoms with Crippen LogP contribution >= 0.6 is 27.5 Å². The molecule has 0 heterocycles. The van der Waals surface area contributed by atoms with Gasteiger partial charge in [-0.2, -0.15) is 0 Å². The average Bonchev–Trinajstić information content (AvgIpc) is 2.36. The summed E-state index contributed by atoms with van der Waals surface area (Å²) < 4.78 is 5.75. The van der Waals surface area contributed by atoms with Gasteiger partial charge >= 0.3 is 5.69 Å². The van der Waals surface area contributed by atoms with Crippen LogP contribution < -0.4 is 10.1 Å². The first-order chi connectivity index (χ1) is 9.81. The van der Waals surface area contributed by atoms with Crippen LogP contribution in [0, 0.1) is 16.0 Å². The number of hydrogen-bond donors (Lipinski definition) is 2. The van der Waals surface area contributed by atoms with E-state index in [4.69, 9.17) is 16.3 Å². The molecular formula is C13H18BrClN2O4. The van der Waals surface area contributed by atoms with Gasteiger partial charge in [-0.25, -0.2) is 0 Å². The molecule has 1 atom stereocenters. The Morgan fingerprint density at radius 1 is 1.48 bits per heavy atom. The van der Waals surface area contributed by atoms with Crippen molar-refractivity contribution in [2.24, 2.45) is 5.92 Å². The number of nitrogens with zero attached hydrogens (tertiary/aromatic N) is 1. The molecule has 0 bridgehead atoms. The van der Waals surface area contributed by atoms with Crippen LogP contribution in [-0.4, -0.2) is 35.8 Å². The Kier molecular flexibility index (Phi) is 7.37. The highest BCUT2D eigenvalue weighted by Crippen LogP contribution is 2.37. The molecule has 2 N–H and O–H groups in total. The molecule has 0 spiro atoms. The number of nitrogens with one attached hydrogen (secondary N) is 1. The maximum Gasteiger partial charge on any atom is 0.313 e. The van der Waals surface area contributed by atoms with Crippen molar-refractivity contribution in [2.45, 2.75) is 20.0 Å². The van der Waals surface area contributed by atoms with Crippen molar-refractivity contribution in [3.63, 3.8) is 0 Å². The van der Waals surface area contributed by atoms with Crippen LogP contribution in [-0.2, 0) is 0 Å². The number of nitro benzene ring substituents is 1. The third-order valence-corrected chi connectivity index (χ3v) is 3.35. The first-order valence-electron chi connectivity index (χ1n) is 6.46. The van der Waals surface area contributed by atoms with Gasteiger partial charge in [0.25, 0.3) is 0 Å². The maximum atomic E-state index is 11.0. The number of hydrogen-bond acceptors (Lipinski definition) is 5. The average molecular weight is 382 g/mol. The second-order valence-corrected chi connectivity index (χ2v) is 6.30. The quantitative estimate of drug-likeness (QED) is 0.534. The van der Waals surface area contributed by atoms with Crippen molar-refractivity contribution < 1.29 is 14.8 Å². The van der Waals surface area contributed by atoms with Gasteiger partial charge in [0.15, 0.2) is 0 Å². The van der Waals surface area contributed by atoms with E-state index >= 15 is 0 Å². The lowest BCUT2D eigenvalue weighted by atomic mass is 10.2. The molecule has 118 valence electrons. The first-order valence-corrected chi connectivity index (χ1v) is 7.63. The second kappa shape index (κ2) is 8.53. The highest BCUT2D eigenvalue weighted by molar-refractivity contribution is 9.10. The zero-order chi connectivity index (χ0) is 16.0. The number of rotatable bonds is 8. The van der Waals surface area contributed by atoms with Gasteiger partial charge in [0.1, 0.15) is 12.7 Å². The molecule has 21 heavy (non-hydrogen) atoms. The minimum atomic E-state index is -0.758. The van der Waals surface area contributed by atoms with Crippen LogP contribution in [0.5, 0.6) is 5.75 Å². The monoisotopic (exact) mass is 380 g/mol. The summed E-state index contributed by atoms with van der Waals surface area (Å²) in [7, 11) is 0. The summed E-state index contributed by atoms with van der Waals surface area (Å²) >= 11 is 8.95. The van der Waals surface area contributed by atoms with Gasteiger partial charge in [-0.1, -0.05) is 25.4 Å². The molecule has 0 amide bonds. The molecule has 1 unspecified atom stereocenters. The second-order valence-electron chi connectivity index (χ2n) is 5.01. The van der Waals surface area contributed by atoms with Gasteiger partial charge in [-0.3, -0.25) is 10.1 Å². The summed E-state index contributed by atoms with van der Waals surface area (Å²) in [5.74, 6) is 0.539. The summed E-state index contributed by atoms with van der Waals surface area (Å²) in [6, 6.07) is 2.72. The van der Waals surface area contributed by atoms with E-state index < -0.39 is 11.0 Å². The van der Waals surface area contributed by atoms with Crippen LogP contribution in [0.25, 0.3) is 0 Å². The van der Waals surface area contributed by atoms with Crippen molar-refractivity contribution in [1.29, 1.82) is 0 Å². The van der Waals surface area contributed by atoms with Crippen LogP contribution in [0.2, 0.25) is 5.02 Å². The molecule has 0 fully saturated rings. The molecule has 0 saturated heterocycles. The number of ether oxygens (including phenoxy) is 1. The van der Waals surface area contributed by atoms with Gasteiger partial charge < -0.3 is 15.2 Å². The van der Waals surface area contributed by atoms with Crippen molar-refractivity contribution in [2.75, 3.05) is 19.7 Å². The number of aliphatic hydroxyl groups excluding tert-OH is 1. The molecule has 1 aromatic carbocycles. The molecule has 0 radical (unpaired) electrons. The molecule has 0 aliphatic heterocycles. The largest absolute Gasteiger partial charge is 0.483 e. The minimum Gasteiger partial charge on any atom is -0.483 e. The molecule has 8 heteroatoms. The molecule has 6 nitrogen and oxygen atoms in total. The lowest BCUT2D eigenvalue weighted by molar-refractivity contribution is -0.386. The van der Waals surface area contributed by atoms with E-state index in [1.165, 1.54) is 12.1 Å². The molecule has 0 aromatic heterocycles. The van der Waals surface area contributed by atoms with Gasteiger partial charge in [-0.05, 0) is 34.5 Å². The number of halogens is 2. The lowest BCUT2D eigenvalue weighted by Crippen LogP contribution is -2.33. The van der Waals surface area contributed by atoms with E-state index in [0.717, 1.165) is 6.54 Å². The molecule has 1 aromatic rings. The van der Waals surface area contributed by atoms with Gasteiger partial charge in [0, 0.05) is 17.6 Å². The molecule has 0 saturated carbocycles. The van der Waals surface area contributed by atoms with E-state index in [1.54, 1.807) is 0 Å². The van der Waals surface area contributed by atoms with Crippen molar-refractivity contribution in [1.82, 2.24) is 5.32 Å². The normalized spacial score (nSPS) is 12.5. The maximum absolute atomic E-state index is 11.0. The van der Waals surface area contributed by atoms with Crippen LogP contribution in [0.15, 0.2) is 16.6 Å². The third kappa shape index (κ3) is 6.17. The Morgan fingerprint density at radius 2 is 2.14 bits per heavy atom. The number of nitro groups is 1. The third-order valence-electron chi connectivity index (χ3n) is 2.54.